The summed E-state index contributed by atoms with van der Waals surface area (Å²) in [5, 5.41) is 0. The van der Waals surface area contributed by atoms with E-state index >= 15 is 0 Å². The van der Waals surface area contributed by atoms with Gasteiger partial charge in [-0.3, -0.25) is 4.79 Å². The number of hydrogen-bond donors (Lipinski definition) is 0. The largest absolute Gasteiger partial charge is 0.463 e. The van der Waals surface area contributed by atoms with Crippen LogP contribution in [0, 0.1) is 6.92 Å². The van der Waals surface area contributed by atoms with Crippen molar-refractivity contribution in [2.45, 2.75) is 93.1 Å². The van der Waals surface area contributed by atoms with Gasteiger partial charge in [0.1, 0.15) is 0 Å². The van der Waals surface area contributed by atoms with E-state index in [1.165, 1.54) is 0 Å². The van der Waals surface area contributed by atoms with E-state index in [0.29, 0.717) is 19.4 Å². The molecule has 1 aliphatic rings. The van der Waals surface area contributed by atoms with Crippen LogP contribution in [0.15, 0.2) is 24.3 Å². The van der Waals surface area contributed by atoms with E-state index in [2.05, 4.69) is 0 Å². The van der Waals surface area contributed by atoms with Gasteiger partial charge in [-0.1, -0.05) is 65.8 Å². The normalized spacial score (nSPS) is 14.1. The van der Waals surface area contributed by atoms with Crippen LogP contribution in [-0.4, -0.2) is 24.1 Å². The molecule has 0 radical (unpaired) electrons. The lowest BCUT2D eigenvalue weighted by molar-refractivity contribution is -0.186. The maximum atomic E-state index is 12.3. The van der Waals surface area contributed by atoms with Crippen LogP contribution in [0.2, 0.25) is 0 Å². The van der Waals surface area contributed by atoms with E-state index < -0.39 is 11.6 Å². The maximum absolute atomic E-state index is 12.3. The Kier molecular flexibility index (Phi) is 15.5. The standard InChI is InChI=1S/C18H24O4.2C2H6.CH4/c1-3-21-17(20)18(11-7-4-8-12-18)22-16(19)13-15-10-6-5-9-14(15)2;2*1-2;/h5-6,9-10H,3-4,7-8,11-13H2,1-2H3;2*1-2H3;1H4. The summed E-state index contributed by atoms with van der Waals surface area (Å²) in [6, 6.07) is 7.71. The fourth-order valence-electron chi connectivity index (χ4n) is 2.95. The molecule has 0 bridgehead atoms. The van der Waals surface area contributed by atoms with Crippen LogP contribution in [0.1, 0.15) is 85.3 Å². The lowest BCUT2D eigenvalue weighted by Crippen LogP contribution is -2.46. The second-order valence-corrected chi connectivity index (χ2v) is 5.85. The molecule has 0 saturated heterocycles. The summed E-state index contributed by atoms with van der Waals surface area (Å²) in [6.45, 7) is 12.0. The SMILES string of the molecule is C.CC.CC.CCOC(=O)C1(OC(=O)Cc2ccccc2C)CCCCC1. The highest BCUT2D eigenvalue weighted by molar-refractivity contribution is 5.84. The van der Waals surface area contributed by atoms with E-state index in [1.807, 2.05) is 58.9 Å². The van der Waals surface area contributed by atoms with Crippen molar-refractivity contribution in [2.75, 3.05) is 6.61 Å². The van der Waals surface area contributed by atoms with Crippen molar-refractivity contribution in [3.05, 3.63) is 35.4 Å². The van der Waals surface area contributed by atoms with Gasteiger partial charge in [-0.15, -0.1) is 0 Å². The van der Waals surface area contributed by atoms with Crippen LogP contribution in [-0.2, 0) is 25.5 Å². The monoisotopic (exact) mass is 380 g/mol. The molecular formula is C23H40O4. The van der Waals surface area contributed by atoms with Crippen LogP contribution in [0.3, 0.4) is 0 Å². The number of esters is 2. The molecule has 0 heterocycles. The fraction of sp³-hybridized carbons (Fsp3) is 0.652. The van der Waals surface area contributed by atoms with E-state index in [0.717, 1.165) is 30.4 Å². The Morgan fingerprint density at radius 3 is 2.07 bits per heavy atom. The van der Waals surface area contributed by atoms with Gasteiger partial charge in [0, 0.05) is 0 Å². The van der Waals surface area contributed by atoms with Gasteiger partial charge in [0.05, 0.1) is 13.0 Å². The Balaban J connectivity index is 0. The molecule has 0 aromatic heterocycles. The summed E-state index contributed by atoms with van der Waals surface area (Å²) in [4.78, 5) is 24.6. The molecule has 1 aliphatic carbocycles. The predicted molar refractivity (Wildman–Crippen MR) is 113 cm³/mol. The first kappa shape index (κ1) is 27.4. The third-order valence-electron chi connectivity index (χ3n) is 4.21. The number of rotatable bonds is 5. The molecule has 4 nitrogen and oxygen atoms in total. The first-order valence-electron chi connectivity index (χ1n) is 10.0. The number of carbonyl (C=O) groups is 2. The Morgan fingerprint density at radius 2 is 1.56 bits per heavy atom. The quantitative estimate of drug-likeness (QED) is 0.585. The maximum Gasteiger partial charge on any atom is 0.350 e. The topological polar surface area (TPSA) is 52.6 Å². The van der Waals surface area contributed by atoms with E-state index in [4.69, 9.17) is 9.47 Å². The second-order valence-electron chi connectivity index (χ2n) is 5.85. The molecule has 1 saturated carbocycles. The Morgan fingerprint density at radius 1 is 1.00 bits per heavy atom. The molecule has 0 aliphatic heterocycles. The summed E-state index contributed by atoms with van der Waals surface area (Å²) in [6.07, 6.45) is 4.15. The molecule has 1 aromatic rings. The van der Waals surface area contributed by atoms with Gasteiger partial charge in [-0.05, 0) is 50.7 Å². The summed E-state index contributed by atoms with van der Waals surface area (Å²) >= 11 is 0. The van der Waals surface area contributed by atoms with Crippen LogP contribution < -0.4 is 0 Å². The molecule has 4 heteroatoms. The average molecular weight is 381 g/mol. The van der Waals surface area contributed by atoms with E-state index in [-0.39, 0.29) is 19.8 Å². The van der Waals surface area contributed by atoms with Gasteiger partial charge in [-0.25, -0.2) is 4.79 Å². The summed E-state index contributed by atoms with van der Waals surface area (Å²) in [5.41, 5.74) is 0.907. The van der Waals surface area contributed by atoms with Gasteiger partial charge in [0.2, 0.25) is 5.60 Å². The third kappa shape index (κ3) is 8.59. The van der Waals surface area contributed by atoms with Crippen molar-refractivity contribution in [2.24, 2.45) is 0 Å². The molecule has 156 valence electrons. The average Bonchev–Trinajstić information content (AvgIpc) is 2.68. The Labute approximate surface area is 166 Å². The molecule has 0 amide bonds. The minimum absolute atomic E-state index is 0. The Bertz CT molecular complexity index is 531. The molecule has 2 rings (SSSR count). The molecular weight excluding hydrogens is 340 g/mol. The minimum atomic E-state index is -1.08. The van der Waals surface area contributed by atoms with Crippen LogP contribution in [0.5, 0.6) is 0 Å². The highest BCUT2D eigenvalue weighted by atomic mass is 16.6. The fourth-order valence-corrected chi connectivity index (χ4v) is 2.95. The van der Waals surface area contributed by atoms with Gasteiger partial charge in [0.25, 0.3) is 0 Å². The first-order chi connectivity index (χ1) is 12.6. The number of hydrogen-bond acceptors (Lipinski definition) is 4. The number of ether oxygens (including phenoxy) is 2. The van der Waals surface area contributed by atoms with Crippen molar-refractivity contribution >= 4 is 11.9 Å². The molecule has 0 spiro atoms. The third-order valence-corrected chi connectivity index (χ3v) is 4.21. The molecule has 27 heavy (non-hydrogen) atoms. The van der Waals surface area contributed by atoms with E-state index in [9.17, 15) is 9.59 Å². The smallest absolute Gasteiger partial charge is 0.350 e. The van der Waals surface area contributed by atoms with Crippen molar-refractivity contribution < 1.29 is 19.1 Å². The van der Waals surface area contributed by atoms with Crippen LogP contribution >= 0.6 is 0 Å². The van der Waals surface area contributed by atoms with Crippen molar-refractivity contribution in [3.8, 4) is 0 Å². The lowest BCUT2D eigenvalue weighted by Gasteiger charge is -2.34. The lowest BCUT2D eigenvalue weighted by atomic mass is 9.84. The zero-order chi connectivity index (χ0) is 20.0. The van der Waals surface area contributed by atoms with Gasteiger partial charge >= 0.3 is 11.9 Å². The summed E-state index contributed by atoms with van der Waals surface area (Å²) in [5.74, 6) is -0.753. The molecule has 0 atom stereocenters. The minimum Gasteiger partial charge on any atom is -0.463 e. The number of aryl methyl sites for hydroxylation is 1. The predicted octanol–water partition coefficient (Wildman–Crippen LogP) is 6.04. The van der Waals surface area contributed by atoms with Crippen molar-refractivity contribution in [1.29, 1.82) is 0 Å². The zero-order valence-electron chi connectivity index (χ0n) is 17.4. The first-order valence-corrected chi connectivity index (χ1v) is 10.0. The van der Waals surface area contributed by atoms with Gasteiger partial charge in [0.15, 0.2) is 0 Å². The Hall–Kier alpha value is -1.84. The highest BCUT2D eigenvalue weighted by Crippen LogP contribution is 2.33. The zero-order valence-corrected chi connectivity index (χ0v) is 17.4. The molecule has 1 aromatic carbocycles. The van der Waals surface area contributed by atoms with Crippen molar-refractivity contribution in [1.82, 2.24) is 0 Å². The van der Waals surface area contributed by atoms with E-state index in [1.54, 1.807) is 6.92 Å². The molecule has 0 unspecified atom stereocenters. The summed E-state index contributed by atoms with van der Waals surface area (Å²) < 4.78 is 10.8. The number of benzene rings is 1. The van der Waals surface area contributed by atoms with Gasteiger partial charge in [-0.2, -0.15) is 0 Å². The summed E-state index contributed by atoms with van der Waals surface area (Å²) in [7, 11) is 0. The highest BCUT2D eigenvalue weighted by Gasteiger charge is 2.44. The van der Waals surface area contributed by atoms with Crippen molar-refractivity contribution in [3.63, 3.8) is 0 Å². The second kappa shape index (κ2) is 15.2. The van der Waals surface area contributed by atoms with Crippen LogP contribution in [0.4, 0.5) is 0 Å². The number of carbonyl (C=O) groups excluding carboxylic acids is 2. The molecule has 1 fully saturated rings. The van der Waals surface area contributed by atoms with Gasteiger partial charge < -0.3 is 9.47 Å². The van der Waals surface area contributed by atoms with Crippen LogP contribution in [0.25, 0.3) is 0 Å². The molecule has 0 N–H and O–H groups in total.